The highest BCUT2D eigenvalue weighted by Gasteiger charge is 2.45. The second-order valence-electron chi connectivity index (χ2n) is 15.1. The zero-order valence-corrected chi connectivity index (χ0v) is 37.6. The third-order valence-corrected chi connectivity index (χ3v) is 12.4. The van der Waals surface area contributed by atoms with Crippen LogP contribution < -0.4 is 10.2 Å². The normalized spacial score (nSPS) is 18.8. The van der Waals surface area contributed by atoms with Crippen LogP contribution in [0.2, 0.25) is 5.02 Å². The number of aliphatic imine (C=N–C) groups is 1. The largest absolute Gasteiger partial charge is 0.495 e. The predicted octanol–water partition coefficient (Wildman–Crippen LogP) is 11.2. The molecule has 58 heavy (non-hydrogen) atoms. The molecule has 0 spiro atoms. The first-order valence-electron chi connectivity index (χ1n) is 20.2. The number of benzene rings is 2. The lowest BCUT2D eigenvalue weighted by Gasteiger charge is -2.36. The van der Waals surface area contributed by atoms with E-state index >= 15 is 0 Å². The van der Waals surface area contributed by atoms with E-state index in [1.54, 1.807) is 19.4 Å². The van der Waals surface area contributed by atoms with Gasteiger partial charge in [0.1, 0.15) is 5.76 Å². The molecule has 1 N–H and O–H groups in total. The summed E-state index contributed by atoms with van der Waals surface area (Å²) in [5.41, 5.74) is 12.7. The van der Waals surface area contributed by atoms with Crippen LogP contribution in [0.5, 0.6) is 0 Å². The fraction of sp³-hybridized carbons (Fsp3) is 0.426. The van der Waals surface area contributed by atoms with Crippen molar-refractivity contribution in [2.24, 2.45) is 19.1 Å². The second kappa shape index (κ2) is 19.5. The van der Waals surface area contributed by atoms with Crippen molar-refractivity contribution in [3.05, 3.63) is 116 Å². The minimum Gasteiger partial charge on any atom is -0.495 e. The monoisotopic (exact) mass is 826 g/mol. The number of fused-ring (bicyclic) bond motifs is 2. The number of amides is 1. The lowest BCUT2D eigenvalue weighted by atomic mass is 9.85. The number of nitrogens with one attached hydrogen (secondary N) is 1. The van der Waals surface area contributed by atoms with Gasteiger partial charge in [0.2, 0.25) is 6.41 Å². The number of hydrogen-bond acceptors (Lipinski definition) is 6. The summed E-state index contributed by atoms with van der Waals surface area (Å²) in [6.07, 6.45) is 11.0. The number of nitrogens with zero attached hydrogens (tertiary/aromatic N) is 5. The van der Waals surface area contributed by atoms with Crippen LogP contribution in [0.4, 0.5) is 5.69 Å². The summed E-state index contributed by atoms with van der Waals surface area (Å²) in [6, 6.07) is 10.6. The summed E-state index contributed by atoms with van der Waals surface area (Å²) in [5, 5.41) is 10.5. The number of hydrogen-bond donors (Lipinski definition) is 1. The molecule has 0 fully saturated rings. The molecule has 6 rings (SSSR count). The number of anilines is 1. The highest BCUT2D eigenvalue weighted by molar-refractivity contribution is 6.34. The molecule has 4 aromatic rings. The van der Waals surface area contributed by atoms with Gasteiger partial charge < -0.3 is 24.3 Å². The molecule has 0 radical (unpaired) electrons. The van der Waals surface area contributed by atoms with Gasteiger partial charge in [-0.1, -0.05) is 67.4 Å². The third kappa shape index (κ3) is 8.87. The van der Waals surface area contributed by atoms with Gasteiger partial charge in [0, 0.05) is 89.4 Å². The Kier molecular flexibility index (Phi) is 14.9. The zero-order chi connectivity index (χ0) is 42.4. The van der Waals surface area contributed by atoms with E-state index in [2.05, 4.69) is 85.7 Å². The number of aromatic nitrogens is 3. The van der Waals surface area contributed by atoms with Crippen molar-refractivity contribution in [1.29, 1.82) is 0 Å². The van der Waals surface area contributed by atoms with Crippen molar-refractivity contribution in [1.82, 2.24) is 19.7 Å². The molecule has 0 bridgehead atoms. The molecular weight excluding hydrogens is 767 g/mol. The molecule has 3 heterocycles. The highest BCUT2D eigenvalue weighted by Crippen LogP contribution is 2.58. The SMILES string of the molecule is C=C/C(=C\N=C(C)c1ccc2c(c1)c(C1C(CCCOC3C=C(C)C(Cl)=C(C)C3)c3ccc(Cl)c(-c4c(C)nn(C)c4C)c3N1[C@H](C)CNC=O)cn2C)OC.CC. The Hall–Kier alpha value is -4.57. The average Bonchev–Trinajstić information content (AvgIpc) is 3.81. The Bertz CT molecular complexity index is 2280. The fourth-order valence-electron chi connectivity index (χ4n) is 8.62. The van der Waals surface area contributed by atoms with Gasteiger partial charge in [0.25, 0.3) is 0 Å². The lowest BCUT2D eigenvalue weighted by Crippen LogP contribution is -2.41. The van der Waals surface area contributed by atoms with E-state index in [9.17, 15) is 4.79 Å². The molecule has 1 aliphatic carbocycles. The average molecular weight is 828 g/mol. The zero-order valence-electron chi connectivity index (χ0n) is 36.0. The number of halogens is 2. The predicted molar refractivity (Wildman–Crippen MR) is 242 cm³/mol. The van der Waals surface area contributed by atoms with Crippen LogP contribution >= 0.6 is 23.2 Å². The van der Waals surface area contributed by atoms with E-state index < -0.39 is 0 Å². The number of ether oxygens (including phenoxy) is 2. The van der Waals surface area contributed by atoms with Crippen molar-refractivity contribution in [2.45, 2.75) is 98.8 Å². The van der Waals surface area contributed by atoms with Gasteiger partial charge in [0.05, 0.1) is 41.9 Å². The molecule has 310 valence electrons. The number of allylic oxidation sites excluding steroid dienone is 3. The van der Waals surface area contributed by atoms with Crippen molar-refractivity contribution in [3.63, 3.8) is 0 Å². The quantitative estimate of drug-likeness (QED) is 0.0424. The van der Waals surface area contributed by atoms with E-state index in [-0.39, 0.29) is 24.1 Å². The smallest absolute Gasteiger partial charge is 0.207 e. The molecule has 4 atom stereocenters. The van der Waals surface area contributed by atoms with Gasteiger partial charge in [-0.25, -0.2) is 0 Å². The van der Waals surface area contributed by atoms with E-state index in [0.717, 1.165) is 92.2 Å². The standard InChI is InChI=1S/C45H54Cl2N6O3.C2H6/c1-11-33(55-10)23-49-29(5)32-14-17-40-37(21-32)38(24-51(40)8)44-35(13-12-18-56-34-19-26(2)43(47)27(3)20-34)36-15-16-39(46)42(41-30(6)50-52(9)31(41)7)45(36)53(44)28(4)22-48-25-54;1-2/h11,14-17,19,21,23-25,28,34-35,44H,1,12-13,18,20,22H2,2-10H3,(H,48,54);1-2H3/b33-23+,49-29?;/t28-,34?,35?,44?;/m1./s1. The molecule has 1 amide bonds. The van der Waals surface area contributed by atoms with E-state index in [4.69, 9.17) is 42.8 Å². The van der Waals surface area contributed by atoms with Gasteiger partial charge in [-0.05, 0) is 102 Å². The highest BCUT2D eigenvalue weighted by atomic mass is 35.5. The molecule has 2 aromatic carbocycles. The molecule has 0 saturated carbocycles. The second-order valence-corrected chi connectivity index (χ2v) is 15.9. The summed E-state index contributed by atoms with van der Waals surface area (Å²) in [6.45, 7) is 21.3. The Morgan fingerprint density at radius 1 is 1.10 bits per heavy atom. The van der Waals surface area contributed by atoms with Crippen LogP contribution in [-0.2, 0) is 28.4 Å². The number of rotatable bonds is 15. The fourth-order valence-corrected chi connectivity index (χ4v) is 9.01. The first kappa shape index (κ1) is 44.5. The van der Waals surface area contributed by atoms with Crippen LogP contribution in [0.15, 0.2) is 88.4 Å². The molecule has 3 unspecified atom stereocenters. The molecule has 1 aliphatic heterocycles. The molecule has 2 aliphatic rings. The summed E-state index contributed by atoms with van der Waals surface area (Å²) >= 11 is 13.8. The van der Waals surface area contributed by atoms with Crippen molar-refractivity contribution < 1.29 is 14.3 Å². The Morgan fingerprint density at radius 3 is 2.48 bits per heavy atom. The van der Waals surface area contributed by atoms with E-state index in [0.29, 0.717) is 23.9 Å². The maximum Gasteiger partial charge on any atom is 0.207 e. The molecular formula is C47H60Cl2N6O3. The van der Waals surface area contributed by atoms with Crippen LogP contribution in [0.25, 0.3) is 22.0 Å². The van der Waals surface area contributed by atoms with E-state index in [1.165, 1.54) is 11.1 Å². The van der Waals surface area contributed by atoms with Gasteiger partial charge in [0.15, 0.2) is 0 Å². The first-order chi connectivity index (χ1) is 27.8. The summed E-state index contributed by atoms with van der Waals surface area (Å²) in [5.74, 6) is 0.664. The van der Waals surface area contributed by atoms with Crippen LogP contribution in [0, 0.1) is 13.8 Å². The maximum atomic E-state index is 11.8. The third-order valence-electron chi connectivity index (χ3n) is 11.5. The summed E-state index contributed by atoms with van der Waals surface area (Å²) in [7, 11) is 5.68. The molecule has 11 heteroatoms. The number of methoxy groups -OCH3 is 1. The van der Waals surface area contributed by atoms with Gasteiger partial charge >= 0.3 is 0 Å². The number of carbonyl (C=O) groups excluding carboxylic acids is 1. The van der Waals surface area contributed by atoms with Crippen molar-refractivity contribution in [2.75, 3.05) is 25.2 Å². The Labute approximate surface area is 355 Å². The van der Waals surface area contributed by atoms with Crippen molar-refractivity contribution in [3.8, 4) is 11.1 Å². The minimum atomic E-state index is -0.0966. The Morgan fingerprint density at radius 2 is 1.84 bits per heavy atom. The van der Waals surface area contributed by atoms with Gasteiger partial charge in [-0.15, -0.1) is 0 Å². The summed E-state index contributed by atoms with van der Waals surface area (Å²) in [4.78, 5) is 19.0. The van der Waals surface area contributed by atoms with Crippen LogP contribution in [0.1, 0.15) is 101 Å². The topological polar surface area (TPSA) is 85.9 Å². The van der Waals surface area contributed by atoms with Gasteiger partial charge in [-0.2, -0.15) is 5.10 Å². The maximum absolute atomic E-state index is 11.8. The first-order valence-corrected chi connectivity index (χ1v) is 21.0. The summed E-state index contributed by atoms with van der Waals surface area (Å²) < 4.78 is 16.0. The molecule has 0 saturated heterocycles. The van der Waals surface area contributed by atoms with E-state index in [1.807, 2.05) is 52.4 Å². The van der Waals surface area contributed by atoms with Crippen molar-refractivity contribution >= 4 is 51.9 Å². The van der Waals surface area contributed by atoms with Crippen LogP contribution in [-0.4, -0.2) is 58.9 Å². The van der Waals surface area contributed by atoms with Crippen LogP contribution in [0.3, 0.4) is 0 Å². The van der Waals surface area contributed by atoms with Gasteiger partial charge in [-0.3, -0.25) is 14.5 Å². The Balaban J connectivity index is 0.00000315. The lowest BCUT2D eigenvalue weighted by molar-refractivity contribution is -0.109. The molecule has 9 nitrogen and oxygen atoms in total. The number of carbonyl (C=O) groups is 1. The molecule has 2 aromatic heterocycles. The number of aryl methyl sites for hydroxylation is 3. The minimum absolute atomic E-state index is 0.000257.